The number of fused-ring (bicyclic) bond motifs is 1. The van der Waals surface area contributed by atoms with Gasteiger partial charge in [0.05, 0.1) is 12.0 Å². The molecule has 1 saturated heterocycles. The van der Waals surface area contributed by atoms with Crippen LogP contribution in [0, 0.1) is 0 Å². The van der Waals surface area contributed by atoms with Crippen LogP contribution in [0.5, 0.6) is 11.6 Å². The van der Waals surface area contributed by atoms with Gasteiger partial charge in [0.2, 0.25) is 18.1 Å². The predicted octanol–water partition coefficient (Wildman–Crippen LogP) is -0.634. The number of aliphatic hydroxyl groups is 4. The van der Waals surface area contributed by atoms with Gasteiger partial charge in [0.1, 0.15) is 30.2 Å². The number of aromatic nitrogens is 3. The normalized spacial score (nSPS) is 24.2. The fourth-order valence-corrected chi connectivity index (χ4v) is 4.19. The summed E-state index contributed by atoms with van der Waals surface area (Å²) in [5.74, 6) is -0.175. The zero-order valence-corrected chi connectivity index (χ0v) is 19.5. The Morgan fingerprint density at radius 2 is 1.83 bits per heavy atom. The number of carbonyl (C=O) groups is 1. The molecular weight excluding hydrogens is 472 g/mol. The predicted molar refractivity (Wildman–Crippen MR) is 126 cm³/mol. The fourth-order valence-electron chi connectivity index (χ4n) is 4.19. The summed E-state index contributed by atoms with van der Waals surface area (Å²) < 4.78 is 13.0. The number of aryl methyl sites for hydroxylation is 3. The number of carbonyl (C=O) groups excluding carboxylic acids is 1. The molecule has 1 aliphatic heterocycles. The minimum absolute atomic E-state index is 0.0854. The van der Waals surface area contributed by atoms with Crippen molar-refractivity contribution in [1.82, 2.24) is 14.8 Å². The number of aliphatic hydroxyl groups excluding tert-OH is 4. The van der Waals surface area contributed by atoms with Crippen molar-refractivity contribution in [3.8, 4) is 11.6 Å². The van der Waals surface area contributed by atoms with Gasteiger partial charge in [-0.3, -0.25) is 4.79 Å². The minimum Gasteiger partial charge on any atom is -0.508 e. The molecule has 0 radical (unpaired) electrons. The molecular formula is C24H30N4O8. The molecule has 0 aliphatic carbocycles. The summed E-state index contributed by atoms with van der Waals surface area (Å²) in [6.07, 6.45) is -3.84. The van der Waals surface area contributed by atoms with Gasteiger partial charge in [-0.25, -0.2) is 9.67 Å². The monoisotopic (exact) mass is 502 g/mol. The van der Waals surface area contributed by atoms with E-state index in [1.54, 1.807) is 23.0 Å². The standard InChI is InChI=1S/C24H30N4O8/c25-17(31)2-1-11-28-22-18(14(9-10-26-22)6-3-13-4-7-15(30)8-5-13)23(27-28)36-24-21(34)20(33)19(32)16(12-29)35-24/h4-5,7-10,16,19-21,24,29-30,32-34H,1-3,6,11-12H2,(H2,25,31)/t16-,19-,20+,21-,24+/m1/s1. The number of primary amides is 1. The highest BCUT2D eigenvalue weighted by Gasteiger charge is 2.45. The molecule has 194 valence electrons. The third-order valence-corrected chi connectivity index (χ3v) is 6.18. The molecule has 0 saturated carbocycles. The lowest BCUT2D eigenvalue weighted by Crippen LogP contribution is -2.60. The van der Waals surface area contributed by atoms with Crippen LogP contribution in [0.3, 0.4) is 0 Å². The molecule has 1 aromatic carbocycles. The smallest absolute Gasteiger partial charge is 0.245 e. The van der Waals surface area contributed by atoms with Crippen molar-refractivity contribution in [3.63, 3.8) is 0 Å². The van der Waals surface area contributed by atoms with E-state index >= 15 is 0 Å². The minimum atomic E-state index is -1.60. The maximum atomic E-state index is 11.2. The number of nitrogens with two attached hydrogens (primary N) is 1. The van der Waals surface area contributed by atoms with Gasteiger partial charge in [-0.1, -0.05) is 12.1 Å². The molecule has 1 aliphatic rings. The quantitative estimate of drug-likeness (QED) is 0.208. The summed E-state index contributed by atoms with van der Waals surface area (Å²) in [7, 11) is 0. The van der Waals surface area contributed by atoms with Crippen LogP contribution in [-0.2, 0) is 28.9 Å². The summed E-state index contributed by atoms with van der Waals surface area (Å²) in [5.41, 5.74) is 7.59. The van der Waals surface area contributed by atoms with Gasteiger partial charge in [0.25, 0.3) is 0 Å². The number of rotatable bonds is 10. The number of ether oxygens (including phenoxy) is 2. The van der Waals surface area contributed by atoms with Crippen LogP contribution in [0.25, 0.3) is 11.0 Å². The number of pyridine rings is 1. The first-order chi connectivity index (χ1) is 17.3. The van der Waals surface area contributed by atoms with Crippen molar-refractivity contribution in [2.75, 3.05) is 6.61 Å². The first-order valence-corrected chi connectivity index (χ1v) is 11.7. The first-order valence-electron chi connectivity index (χ1n) is 11.7. The molecule has 5 atom stereocenters. The van der Waals surface area contributed by atoms with E-state index in [-0.39, 0.29) is 18.1 Å². The highest BCUT2D eigenvalue weighted by Crippen LogP contribution is 2.32. The Kier molecular flexibility index (Phi) is 8.01. The number of benzene rings is 1. The number of aromatic hydroxyl groups is 1. The average molecular weight is 503 g/mol. The number of phenolic OH excluding ortho intramolecular Hbond substituents is 1. The van der Waals surface area contributed by atoms with E-state index in [9.17, 15) is 30.3 Å². The second kappa shape index (κ2) is 11.2. The van der Waals surface area contributed by atoms with E-state index in [2.05, 4.69) is 10.1 Å². The molecule has 0 spiro atoms. The highest BCUT2D eigenvalue weighted by atomic mass is 16.7. The summed E-state index contributed by atoms with van der Waals surface area (Å²) in [6.45, 7) is -0.265. The van der Waals surface area contributed by atoms with Crippen LogP contribution < -0.4 is 10.5 Å². The van der Waals surface area contributed by atoms with Gasteiger partial charge in [0, 0.05) is 19.2 Å². The third-order valence-electron chi connectivity index (χ3n) is 6.18. The molecule has 12 nitrogen and oxygen atoms in total. The van der Waals surface area contributed by atoms with E-state index in [1.807, 2.05) is 18.2 Å². The average Bonchev–Trinajstić information content (AvgIpc) is 3.21. The van der Waals surface area contributed by atoms with Crippen molar-refractivity contribution >= 4 is 16.9 Å². The van der Waals surface area contributed by atoms with Crippen molar-refractivity contribution in [2.45, 2.75) is 62.9 Å². The van der Waals surface area contributed by atoms with Crippen LogP contribution in [0.2, 0.25) is 0 Å². The molecule has 12 heteroatoms. The summed E-state index contributed by atoms with van der Waals surface area (Å²) in [5, 5.41) is 54.7. The molecule has 2 aromatic heterocycles. The SMILES string of the molecule is NC(=O)CCCn1nc(O[C@@H]2O[C@H](CO)[C@@H](O)[C@H](O)[C@H]2O)c2c(CCc3ccc(O)cc3)ccnc21. The van der Waals surface area contributed by atoms with Crippen LogP contribution in [0.15, 0.2) is 36.5 Å². The largest absolute Gasteiger partial charge is 0.508 e. The molecule has 1 fully saturated rings. The second-order valence-electron chi connectivity index (χ2n) is 8.75. The Hall–Kier alpha value is -3.29. The number of hydrogen-bond acceptors (Lipinski definition) is 10. The Bertz CT molecular complexity index is 1180. The lowest BCUT2D eigenvalue weighted by molar-refractivity contribution is -0.278. The highest BCUT2D eigenvalue weighted by molar-refractivity contribution is 5.85. The van der Waals surface area contributed by atoms with E-state index in [0.29, 0.717) is 36.8 Å². The van der Waals surface area contributed by atoms with Crippen LogP contribution in [0.4, 0.5) is 0 Å². The van der Waals surface area contributed by atoms with Gasteiger partial charge >= 0.3 is 0 Å². The third kappa shape index (κ3) is 5.58. The molecule has 7 N–H and O–H groups in total. The van der Waals surface area contributed by atoms with E-state index in [4.69, 9.17) is 15.2 Å². The number of hydrogen-bond donors (Lipinski definition) is 6. The maximum Gasteiger partial charge on any atom is 0.245 e. The zero-order chi connectivity index (χ0) is 25.8. The van der Waals surface area contributed by atoms with E-state index in [1.165, 1.54) is 0 Å². The summed E-state index contributed by atoms with van der Waals surface area (Å²) in [6, 6.07) is 8.70. The molecule has 36 heavy (non-hydrogen) atoms. The Balaban J connectivity index is 1.66. The lowest BCUT2D eigenvalue weighted by Gasteiger charge is -2.39. The summed E-state index contributed by atoms with van der Waals surface area (Å²) in [4.78, 5) is 15.6. The molecule has 1 amide bonds. The van der Waals surface area contributed by atoms with Crippen molar-refractivity contribution in [2.24, 2.45) is 5.73 Å². The van der Waals surface area contributed by atoms with Crippen molar-refractivity contribution in [1.29, 1.82) is 0 Å². The van der Waals surface area contributed by atoms with Crippen molar-refractivity contribution in [3.05, 3.63) is 47.7 Å². The summed E-state index contributed by atoms with van der Waals surface area (Å²) >= 11 is 0. The first kappa shape index (κ1) is 25.8. The molecule has 0 unspecified atom stereocenters. The zero-order valence-electron chi connectivity index (χ0n) is 19.5. The van der Waals surface area contributed by atoms with Crippen LogP contribution in [0.1, 0.15) is 24.0 Å². The van der Waals surface area contributed by atoms with Gasteiger partial charge in [-0.15, -0.1) is 5.10 Å². The molecule has 3 aromatic rings. The molecule has 0 bridgehead atoms. The number of phenols is 1. The number of nitrogens with zero attached hydrogens (tertiary/aromatic N) is 3. The Labute approximate surface area is 206 Å². The van der Waals surface area contributed by atoms with Gasteiger partial charge in [-0.05, 0) is 48.6 Å². The van der Waals surface area contributed by atoms with Crippen LogP contribution in [-0.4, -0.2) is 83.5 Å². The van der Waals surface area contributed by atoms with Crippen molar-refractivity contribution < 1.29 is 39.8 Å². The Morgan fingerprint density at radius 3 is 2.53 bits per heavy atom. The number of amides is 1. The lowest BCUT2D eigenvalue weighted by atomic mass is 9.99. The van der Waals surface area contributed by atoms with Gasteiger partial charge < -0.3 is 40.7 Å². The topological polar surface area (TPSA) is 193 Å². The van der Waals surface area contributed by atoms with Gasteiger partial charge in [-0.2, -0.15) is 0 Å². The molecule has 4 rings (SSSR count). The fraction of sp³-hybridized carbons (Fsp3) is 0.458. The second-order valence-corrected chi connectivity index (χ2v) is 8.75. The van der Waals surface area contributed by atoms with Crippen LogP contribution >= 0.6 is 0 Å². The van der Waals surface area contributed by atoms with Gasteiger partial charge in [0.15, 0.2) is 5.65 Å². The Morgan fingerprint density at radius 1 is 1.08 bits per heavy atom. The maximum absolute atomic E-state index is 11.2. The van der Waals surface area contributed by atoms with E-state index < -0.39 is 43.2 Å². The van der Waals surface area contributed by atoms with E-state index in [0.717, 1.165) is 11.1 Å². The molecule has 3 heterocycles.